The molecule has 0 aliphatic heterocycles. The van der Waals surface area contributed by atoms with E-state index in [1.54, 1.807) is 19.1 Å². The molecule has 0 saturated heterocycles. The highest BCUT2D eigenvalue weighted by Gasteiger charge is 2.16. The Bertz CT molecular complexity index is 730. The number of rotatable bonds is 5. The molecule has 0 saturated carbocycles. The maximum absolute atomic E-state index is 12.2. The van der Waals surface area contributed by atoms with Gasteiger partial charge < -0.3 is 10.1 Å². The molecule has 0 unspecified atom stereocenters. The maximum Gasteiger partial charge on any atom is 0.265 e. The van der Waals surface area contributed by atoms with Crippen molar-refractivity contribution < 1.29 is 9.53 Å². The van der Waals surface area contributed by atoms with Gasteiger partial charge in [0.2, 0.25) is 0 Å². The van der Waals surface area contributed by atoms with Crippen LogP contribution in [0, 0.1) is 25.2 Å². The number of aryl methyl sites for hydroxylation is 1. The molecule has 1 amide bonds. The van der Waals surface area contributed by atoms with E-state index < -0.39 is 6.10 Å². The second-order valence-corrected chi connectivity index (χ2v) is 5.48. The molecular weight excluding hydrogens is 288 g/mol. The van der Waals surface area contributed by atoms with Crippen molar-refractivity contribution in [3.63, 3.8) is 0 Å². The van der Waals surface area contributed by atoms with Crippen molar-refractivity contribution in [2.24, 2.45) is 0 Å². The van der Waals surface area contributed by atoms with Crippen LogP contribution in [0.25, 0.3) is 0 Å². The molecule has 0 heterocycles. The van der Waals surface area contributed by atoms with Gasteiger partial charge in [-0.3, -0.25) is 4.79 Å². The zero-order valence-electron chi connectivity index (χ0n) is 13.6. The van der Waals surface area contributed by atoms with E-state index >= 15 is 0 Å². The molecule has 1 atom stereocenters. The van der Waals surface area contributed by atoms with Crippen LogP contribution in [0.1, 0.15) is 23.6 Å². The molecule has 4 nitrogen and oxygen atoms in total. The summed E-state index contributed by atoms with van der Waals surface area (Å²) in [6, 6.07) is 15.1. The normalized spacial score (nSPS) is 11.4. The smallest absolute Gasteiger partial charge is 0.265 e. The lowest BCUT2D eigenvalue weighted by atomic mass is 10.1. The highest BCUT2D eigenvalue weighted by molar-refractivity contribution is 5.94. The third-order valence-electron chi connectivity index (χ3n) is 3.73. The summed E-state index contributed by atoms with van der Waals surface area (Å²) in [5.41, 5.74) is 3.77. The van der Waals surface area contributed by atoms with Crippen LogP contribution in [-0.2, 0) is 11.2 Å². The van der Waals surface area contributed by atoms with Gasteiger partial charge in [-0.25, -0.2) is 0 Å². The molecule has 0 aromatic heterocycles. The summed E-state index contributed by atoms with van der Waals surface area (Å²) in [5.74, 6) is 0.510. The fourth-order valence-corrected chi connectivity index (χ4v) is 2.14. The van der Waals surface area contributed by atoms with Crippen LogP contribution >= 0.6 is 0 Å². The van der Waals surface area contributed by atoms with E-state index in [1.165, 1.54) is 0 Å². The quantitative estimate of drug-likeness (QED) is 0.914. The maximum atomic E-state index is 12.2. The molecule has 0 bridgehead atoms. The first-order chi connectivity index (χ1) is 11.0. The van der Waals surface area contributed by atoms with Gasteiger partial charge in [0.15, 0.2) is 6.10 Å². The molecule has 118 valence electrons. The fourth-order valence-electron chi connectivity index (χ4n) is 2.14. The van der Waals surface area contributed by atoms with Crippen molar-refractivity contribution in [2.45, 2.75) is 33.3 Å². The number of hydrogen-bond donors (Lipinski definition) is 1. The Kier molecular flexibility index (Phi) is 5.37. The first-order valence-electron chi connectivity index (χ1n) is 7.51. The van der Waals surface area contributed by atoms with Crippen molar-refractivity contribution in [3.8, 4) is 11.8 Å². The Morgan fingerprint density at radius 3 is 2.57 bits per heavy atom. The average Bonchev–Trinajstić information content (AvgIpc) is 2.54. The topological polar surface area (TPSA) is 62.1 Å². The highest BCUT2D eigenvalue weighted by Crippen LogP contribution is 2.22. The highest BCUT2D eigenvalue weighted by atomic mass is 16.5. The van der Waals surface area contributed by atoms with E-state index in [0.717, 1.165) is 22.4 Å². The summed E-state index contributed by atoms with van der Waals surface area (Å²) in [4.78, 5) is 12.2. The van der Waals surface area contributed by atoms with Crippen molar-refractivity contribution in [3.05, 3.63) is 59.2 Å². The minimum Gasteiger partial charge on any atom is -0.481 e. The second-order valence-electron chi connectivity index (χ2n) is 5.48. The van der Waals surface area contributed by atoms with E-state index in [2.05, 4.69) is 11.4 Å². The number of benzene rings is 2. The molecule has 0 aliphatic rings. The predicted octanol–water partition coefficient (Wildman–Crippen LogP) is 3.78. The number of nitriles is 1. The number of carbonyl (C=O) groups is 1. The minimum absolute atomic E-state index is 0.209. The average molecular weight is 308 g/mol. The molecule has 1 N–H and O–H groups in total. The Labute approximate surface area is 136 Å². The third-order valence-corrected chi connectivity index (χ3v) is 3.73. The Morgan fingerprint density at radius 2 is 1.91 bits per heavy atom. The molecule has 0 radical (unpaired) electrons. The number of amides is 1. The third kappa shape index (κ3) is 4.33. The number of nitrogens with zero attached hydrogens (tertiary/aromatic N) is 1. The van der Waals surface area contributed by atoms with E-state index in [9.17, 15) is 4.79 Å². The first kappa shape index (κ1) is 16.6. The number of anilines is 1. The van der Waals surface area contributed by atoms with Gasteiger partial charge in [0.05, 0.1) is 12.5 Å². The summed E-state index contributed by atoms with van der Waals surface area (Å²) in [6.45, 7) is 5.71. The molecular formula is C19H20N2O2. The zero-order valence-corrected chi connectivity index (χ0v) is 13.6. The van der Waals surface area contributed by atoms with Crippen LogP contribution in [-0.4, -0.2) is 12.0 Å². The zero-order chi connectivity index (χ0) is 16.8. The predicted molar refractivity (Wildman–Crippen MR) is 90.4 cm³/mol. The van der Waals surface area contributed by atoms with Crippen molar-refractivity contribution in [1.82, 2.24) is 0 Å². The number of ether oxygens (including phenoxy) is 1. The van der Waals surface area contributed by atoms with Crippen molar-refractivity contribution in [1.29, 1.82) is 5.26 Å². The second kappa shape index (κ2) is 7.46. The monoisotopic (exact) mass is 308 g/mol. The van der Waals surface area contributed by atoms with Gasteiger partial charge >= 0.3 is 0 Å². The van der Waals surface area contributed by atoms with Crippen LogP contribution < -0.4 is 10.1 Å². The first-order valence-corrected chi connectivity index (χ1v) is 7.51. The molecule has 2 rings (SSSR count). The van der Waals surface area contributed by atoms with Gasteiger partial charge in [-0.2, -0.15) is 5.26 Å². The largest absolute Gasteiger partial charge is 0.481 e. The molecule has 0 aliphatic carbocycles. The summed E-state index contributed by atoms with van der Waals surface area (Å²) >= 11 is 0. The van der Waals surface area contributed by atoms with Gasteiger partial charge in [0.1, 0.15) is 5.75 Å². The summed E-state index contributed by atoms with van der Waals surface area (Å²) < 4.78 is 5.77. The lowest BCUT2D eigenvalue weighted by Crippen LogP contribution is -2.30. The molecule has 2 aromatic carbocycles. The fraction of sp³-hybridized carbons (Fsp3) is 0.263. The number of carbonyl (C=O) groups excluding carboxylic acids is 1. The Hall–Kier alpha value is -2.80. The molecule has 4 heteroatoms. The van der Waals surface area contributed by atoms with Crippen LogP contribution in [0.2, 0.25) is 0 Å². The van der Waals surface area contributed by atoms with Crippen LogP contribution in [0.3, 0.4) is 0 Å². The van der Waals surface area contributed by atoms with E-state index in [0.29, 0.717) is 12.1 Å². The van der Waals surface area contributed by atoms with Gasteiger partial charge in [0.25, 0.3) is 5.91 Å². The Balaban J connectivity index is 2.00. The molecule has 0 spiro atoms. The molecule has 0 fully saturated rings. The van der Waals surface area contributed by atoms with Gasteiger partial charge in [0, 0.05) is 5.69 Å². The van der Waals surface area contributed by atoms with E-state index in [4.69, 9.17) is 10.00 Å². The number of nitrogens with one attached hydrogen (secondary N) is 1. The van der Waals surface area contributed by atoms with Crippen LogP contribution in [0.15, 0.2) is 42.5 Å². The molecule has 2 aromatic rings. The van der Waals surface area contributed by atoms with E-state index in [-0.39, 0.29) is 5.91 Å². The van der Waals surface area contributed by atoms with Crippen molar-refractivity contribution in [2.75, 3.05) is 5.32 Å². The molecule has 23 heavy (non-hydrogen) atoms. The van der Waals surface area contributed by atoms with Gasteiger partial charge in [-0.15, -0.1) is 0 Å². The van der Waals surface area contributed by atoms with Crippen LogP contribution in [0.5, 0.6) is 5.75 Å². The lowest BCUT2D eigenvalue weighted by molar-refractivity contribution is -0.122. The SMILES string of the molecule is Cc1cccc(O[C@H](C)C(=O)Nc2ccc(CC#N)cc2)c1C. The summed E-state index contributed by atoms with van der Waals surface area (Å²) in [7, 11) is 0. The van der Waals surface area contributed by atoms with Crippen LogP contribution in [0.4, 0.5) is 5.69 Å². The van der Waals surface area contributed by atoms with Gasteiger partial charge in [-0.1, -0.05) is 24.3 Å². The van der Waals surface area contributed by atoms with E-state index in [1.807, 2.05) is 44.2 Å². The number of hydrogen-bond acceptors (Lipinski definition) is 3. The standard InChI is InChI=1S/C19H20N2O2/c1-13-5-4-6-18(14(13)2)23-15(3)19(22)21-17-9-7-16(8-10-17)11-12-20/h4-10,15H,11H2,1-3H3,(H,21,22)/t15-/m1/s1. The minimum atomic E-state index is -0.603. The summed E-state index contributed by atoms with van der Waals surface area (Å²) in [5, 5.41) is 11.5. The Morgan fingerprint density at radius 1 is 1.22 bits per heavy atom. The van der Waals surface area contributed by atoms with Gasteiger partial charge in [-0.05, 0) is 55.7 Å². The lowest BCUT2D eigenvalue weighted by Gasteiger charge is -2.17. The van der Waals surface area contributed by atoms with Crippen molar-refractivity contribution >= 4 is 11.6 Å². The summed E-state index contributed by atoms with van der Waals surface area (Å²) in [6.07, 6.45) is -0.241.